The number of aliphatic carboxylic acids is 1. The number of rotatable bonds is 10. The molecular weight excluding hydrogens is 308 g/mol. The molecule has 0 spiro atoms. The zero-order valence-corrected chi connectivity index (χ0v) is 12.8. The summed E-state index contributed by atoms with van der Waals surface area (Å²) in [6.07, 6.45) is 1.03. The van der Waals surface area contributed by atoms with E-state index < -0.39 is 48.1 Å². The molecule has 0 radical (unpaired) electrons. The van der Waals surface area contributed by atoms with Crippen LogP contribution >= 0.6 is 0 Å². The maximum Gasteiger partial charge on any atom is 0.320 e. The number of primary amides is 2. The molecule has 0 rings (SSSR count). The van der Waals surface area contributed by atoms with Crippen molar-refractivity contribution in [3.8, 4) is 0 Å². The van der Waals surface area contributed by atoms with Gasteiger partial charge in [-0.05, 0) is 19.4 Å². The van der Waals surface area contributed by atoms with Gasteiger partial charge < -0.3 is 38.9 Å². The van der Waals surface area contributed by atoms with Crippen molar-refractivity contribution in [1.82, 2.24) is 0 Å². The standard InChI is InChI=1S/C6H12N4O3.C6H14N2O2/c7-3(8)1-6(13,5(10)12)2-4(9)11;7-4-2-1-3-5(8)6(9)10/h13H,1-2H2,(H3,7,8)(H2,9,11)(H2,10,12);5H,1-4,7-8H2,(H,9,10). The maximum absolute atomic E-state index is 10.7. The van der Waals surface area contributed by atoms with E-state index in [9.17, 15) is 19.5 Å². The highest BCUT2D eigenvalue weighted by atomic mass is 16.4. The molecule has 2 atom stereocenters. The third kappa shape index (κ3) is 12.0. The molecule has 134 valence electrons. The molecule has 11 nitrogen and oxygen atoms in total. The van der Waals surface area contributed by atoms with Crippen molar-refractivity contribution in [1.29, 1.82) is 5.41 Å². The Morgan fingerprint density at radius 2 is 1.61 bits per heavy atom. The predicted molar refractivity (Wildman–Crippen MR) is 83.0 cm³/mol. The van der Waals surface area contributed by atoms with Crippen LogP contribution in [-0.4, -0.2) is 52.0 Å². The van der Waals surface area contributed by atoms with Crippen molar-refractivity contribution < 1.29 is 24.6 Å². The van der Waals surface area contributed by atoms with Crippen LogP contribution in [0.4, 0.5) is 0 Å². The number of carbonyl (C=O) groups excluding carboxylic acids is 2. The predicted octanol–water partition coefficient (Wildman–Crippen LogP) is -3.07. The number of amidine groups is 1. The summed E-state index contributed by atoms with van der Waals surface area (Å²) >= 11 is 0. The lowest BCUT2D eigenvalue weighted by Crippen LogP contribution is -2.49. The van der Waals surface area contributed by atoms with Crippen LogP contribution < -0.4 is 28.7 Å². The van der Waals surface area contributed by atoms with Crippen LogP contribution in [0.3, 0.4) is 0 Å². The second kappa shape index (κ2) is 11.3. The van der Waals surface area contributed by atoms with E-state index >= 15 is 0 Å². The molecule has 0 aliphatic carbocycles. The van der Waals surface area contributed by atoms with Gasteiger partial charge in [-0.1, -0.05) is 6.42 Å². The van der Waals surface area contributed by atoms with Crippen molar-refractivity contribution in [3.05, 3.63) is 0 Å². The Labute approximate surface area is 133 Å². The lowest BCUT2D eigenvalue weighted by Gasteiger charge is -2.21. The van der Waals surface area contributed by atoms with Crippen LogP contribution in [0.5, 0.6) is 0 Å². The molecule has 13 N–H and O–H groups in total. The largest absolute Gasteiger partial charge is 0.480 e. The third-order valence-electron chi connectivity index (χ3n) is 2.69. The molecule has 2 unspecified atom stereocenters. The summed E-state index contributed by atoms with van der Waals surface area (Å²) < 4.78 is 0. The summed E-state index contributed by atoms with van der Waals surface area (Å²) in [5.41, 5.74) is 22.8. The van der Waals surface area contributed by atoms with Gasteiger partial charge in [0.2, 0.25) is 11.8 Å². The number of carboxylic acid groups (broad SMARTS) is 1. The molecule has 0 heterocycles. The molecule has 0 aromatic rings. The lowest BCUT2D eigenvalue weighted by atomic mass is 9.94. The van der Waals surface area contributed by atoms with Gasteiger partial charge in [-0.25, -0.2) is 0 Å². The number of hydrogen-bond acceptors (Lipinski definition) is 7. The average Bonchev–Trinajstić information content (AvgIpc) is 2.37. The van der Waals surface area contributed by atoms with Gasteiger partial charge in [0.15, 0.2) is 5.60 Å². The van der Waals surface area contributed by atoms with Crippen LogP contribution in [0.2, 0.25) is 0 Å². The Morgan fingerprint density at radius 3 is 1.91 bits per heavy atom. The first-order chi connectivity index (χ1) is 10.5. The van der Waals surface area contributed by atoms with Crippen molar-refractivity contribution >= 4 is 23.6 Å². The van der Waals surface area contributed by atoms with Gasteiger partial charge in [0.25, 0.3) is 0 Å². The fraction of sp³-hybridized carbons (Fsp3) is 0.667. The van der Waals surface area contributed by atoms with Gasteiger partial charge in [0.1, 0.15) is 6.04 Å². The van der Waals surface area contributed by atoms with E-state index in [0.717, 1.165) is 12.8 Å². The van der Waals surface area contributed by atoms with Crippen LogP contribution in [0.1, 0.15) is 32.1 Å². The number of carboxylic acids is 1. The smallest absolute Gasteiger partial charge is 0.320 e. The SMILES string of the molecule is N=C(N)CC(O)(CC(N)=O)C(N)=O.NCCCCC(N)C(=O)O. The number of carbonyl (C=O) groups is 3. The molecule has 23 heavy (non-hydrogen) atoms. The molecular formula is C12H26N6O5. The van der Waals surface area contributed by atoms with E-state index in [4.69, 9.17) is 39.2 Å². The average molecular weight is 334 g/mol. The Hall–Kier alpha value is -2.24. The Kier molecular flexibility index (Phi) is 11.4. The van der Waals surface area contributed by atoms with E-state index in [1.54, 1.807) is 0 Å². The number of amides is 2. The molecule has 2 amide bonds. The molecule has 0 saturated heterocycles. The normalized spacial score (nSPS) is 13.9. The van der Waals surface area contributed by atoms with Gasteiger partial charge in [0, 0.05) is 6.42 Å². The molecule has 0 fully saturated rings. The number of nitrogens with one attached hydrogen (secondary N) is 1. The molecule has 0 bridgehead atoms. The maximum atomic E-state index is 10.7. The minimum atomic E-state index is -2.14. The number of nitrogens with two attached hydrogens (primary N) is 5. The Balaban J connectivity index is 0. The lowest BCUT2D eigenvalue weighted by molar-refractivity contribution is -0.141. The zero-order chi connectivity index (χ0) is 18.6. The van der Waals surface area contributed by atoms with Crippen LogP contribution in [0.25, 0.3) is 0 Å². The van der Waals surface area contributed by atoms with Gasteiger partial charge >= 0.3 is 5.97 Å². The first-order valence-electron chi connectivity index (χ1n) is 6.78. The summed E-state index contributed by atoms with van der Waals surface area (Å²) in [6.45, 7) is 0.604. The summed E-state index contributed by atoms with van der Waals surface area (Å²) in [5, 5.41) is 24.6. The van der Waals surface area contributed by atoms with Crippen LogP contribution in [-0.2, 0) is 14.4 Å². The number of aliphatic hydroxyl groups is 1. The van der Waals surface area contributed by atoms with Gasteiger partial charge in [-0.15, -0.1) is 0 Å². The first-order valence-corrected chi connectivity index (χ1v) is 6.78. The van der Waals surface area contributed by atoms with Gasteiger partial charge in [-0.2, -0.15) is 0 Å². The van der Waals surface area contributed by atoms with Crippen LogP contribution in [0, 0.1) is 5.41 Å². The first kappa shape index (κ1) is 23.0. The topological polar surface area (TPSA) is 246 Å². The summed E-state index contributed by atoms with van der Waals surface area (Å²) in [6, 6.07) is -0.716. The molecule has 0 aromatic heterocycles. The highest BCUT2D eigenvalue weighted by molar-refractivity contribution is 5.94. The van der Waals surface area contributed by atoms with Crippen molar-refractivity contribution in [3.63, 3.8) is 0 Å². The summed E-state index contributed by atoms with van der Waals surface area (Å²) in [5.74, 6) is -3.39. The van der Waals surface area contributed by atoms with Crippen molar-refractivity contribution in [2.45, 2.75) is 43.7 Å². The van der Waals surface area contributed by atoms with E-state index in [0.29, 0.717) is 13.0 Å². The van der Waals surface area contributed by atoms with Crippen LogP contribution in [0.15, 0.2) is 0 Å². The third-order valence-corrected chi connectivity index (χ3v) is 2.69. The fourth-order valence-corrected chi connectivity index (χ4v) is 1.47. The monoisotopic (exact) mass is 334 g/mol. The number of hydrogen-bond donors (Lipinski definition) is 8. The van der Waals surface area contributed by atoms with Crippen molar-refractivity contribution in [2.24, 2.45) is 28.7 Å². The minimum absolute atomic E-state index is 0.442. The number of unbranched alkanes of at least 4 members (excludes halogenated alkanes) is 1. The van der Waals surface area contributed by atoms with Gasteiger partial charge in [-0.3, -0.25) is 19.8 Å². The second-order valence-corrected chi connectivity index (χ2v) is 4.97. The van der Waals surface area contributed by atoms with E-state index in [2.05, 4.69) is 0 Å². The summed E-state index contributed by atoms with van der Waals surface area (Å²) in [7, 11) is 0. The highest BCUT2D eigenvalue weighted by Crippen LogP contribution is 2.13. The van der Waals surface area contributed by atoms with Gasteiger partial charge in [0.05, 0.1) is 12.3 Å². The van der Waals surface area contributed by atoms with E-state index in [1.807, 2.05) is 0 Å². The molecule has 0 aliphatic heterocycles. The van der Waals surface area contributed by atoms with Crippen molar-refractivity contribution in [2.75, 3.05) is 6.54 Å². The Morgan fingerprint density at radius 1 is 1.09 bits per heavy atom. The molecule has 11 heteroatoms. The fourth-order valence-electron chi connectivity index (χ4n) is 1.47. The van der Waals surface area contributed by atoms with E-state index in [1.165, 1.54) is 0 Å². The van der Waals surface area contributed by atoms with E-state index in [-0.39, 0.29) is 0 Å². The quantitative estimate of drug-likeness (QED) is 0.115. The zero-order valence-electron chi connectivity index (χ0n) is 12.8. The second-order valence-electron chi connectivity index (χ2n) is 4.97. The molecule has 0 aromatic carbocycles. The molecule has 0 saturated carbocycles. The molecule has 0 aliphatic rings. The summed E-state index contributed by atoms with van der Waals surface area (Å²) in [4.78, 5) is 31.3. The Bertz CT molecular complexity index is 412. The minimum Gasteiger partial charge on any atom is -0.480 e. The highest BCUT2D eigenvalue weighted by Gasteiger charge is 2.36.